The van der Waals surface area contributed by atoms with Crippen molar-refractivity contribution in [3.63, 3.8) is 0 Å². The molecule has 0 aromatic heterocycles. The maximum Gasteiger partial charge on any atom is 0.309 e. The third-order valence-corrected chi connectivity index (χ3v) is 8.91. The van der Waals surface area contributed by atoms with Crippen molar-refractivity contribution in [2.24, 2.45) is 23.7 Å². The summed E-state index contributed by atoms with van der Waals surface area (Å²) < 4.78 is 24.7. The molecule has 7 heteroatoms. The lowest BCUT2D eigenvalue weighted by Gasteiger charge is -2.49. The van der Waals surface area contributed by atoms with Crippen molar-refractivity contribution >= 4 is 11.9 Å². The fourth-order valence-electron chi connectivity index (χ4n) is 7.24. The van der Waals surface area contributed by atoms with Crippen molar-refractivity contribution in [3.8, 4) is 0 Å². The summed E-state index contributed by atoms with van der Waals surface area (Å²) in [5.41, 5.74) is -2.64. The monoisotopic (exact) mass is 452 g/mol. The van der Waals surface area contributed by atoms with Gasteiger partial charge in [-0.15, -0.1) is 0 Å². The third-order valence-electron chi connectivity index (χ3n) is 8.91. The number of carbonyl (C=O) groups is 2. The number of carbonyl (C=O) groups excluding carboxylic acids is 2. The van der Waals surface area contributed by atoms with E-state index < -0.39 is 22.9 Å². The summed E-state index contributed by atoms with van der Waals surface area (Å²) in [6.45, 7) is 9.70. The van der Waals surface area contributed by atoms with Gasteiger partial charge in [-0.3, -0.25) is 9.59 Å². The fourth-order valence-corrected chi connectivity index (χ4v) is 7.24. The first-order valence-corrected chi connectivity index (χ1v) is 12.3. The molecule has 0 spiro atoms. The number of hydrogen-bond acceptors (Lipinski definition) is 7. The Bertz CT molecular complexity index is 751. The molecule has 3 saturated heterocycles. The summed E-state index contributed by atoms with van der Waals surface area (Å²) in [4.78, 5) is 25.7. The van der Waals surface area contributed by atoms with E-state index in [4.69, 9.17) is 18.9 Å². The second-order valence-electron chi connectivity index (χ2n) is 11.3. The zero-order valence-corrected chi connectivity index (χ0v) is 20.4. The van der Waals surface area contributed by atoms with Crippen LogP contribution in [0.4, 0.5) is 0 Å². The third kappa shape index (κ3) is 3.78. The smallest absolute Gasteiger partial charge is 0.309 e. The Labute approximate surface area is 191 Å². The molecule has 1 aliphatic carbocycles. The van der Waals surface area contributed by atoms with Crippen molar-refractivity contribution in [2.75, 3.05) is 7.11 Å². The number of rotatable bonds is 4. The largest absolute Gasteiger partial charge is 0.459 e. The van der Waals surface area contributed by atoms with Crippen LogP contribution < -0.4 is 0 Å². The highest BCUT2D eigenvalue weighted by Gasteiger charge is 2.67. The number of ether oxygens (including phenoxy) is 4. The molecule has 0 aromatic carbocycles. The Morgan fingerprint density at radius 1 is 1.22 bits per heavy atom. The van der Waals surface area contributed by atoms with E-state index in [1.54, 1.807) is 14.0 Å². The van der Waals surface area contributed by atoms with Gasteiger partial charge in [-0.25, -0.2) is 0 Å². The molecule has 4 aliphatic rings. The first-order valence-electron chi connectivity index (χ1n) is 12.3. The Morgan fingerprint density at radius 2 is 1.94 bits per heavy atom. The molecule has 3 aliphatic heterocycles. The van der Waals surface area contributed by atoms with Crippen LogP contribution in [-0.2, 0) is 28.5 Å². The van der Waals surface area contributed by atoms with E-state index in [0.717, 1.165) is 12.8 Å². The van der Waals surface area contributed by atoms with Gasteiger partial charge in [0.15, 0.2) is 0 Å². The molecule has 0 aromatic rings. The van der Waals surface area contributed by atoms with Crippen molar-refractivity contribution in [2.45, 2.75) is 115 Å². The zero-order chi connectivity index (χ0) is 23.5. The van der Waals surface area contributed by atoms with Crippen LogP contribution in [0.15, 0.2) is 0 Å². The second-order valence-corrected chi connectivity index (χ2v) is 11.3. The van der Waals surface area contributed by atoms with Gasteiger partial charge in [0, 0.05) is 31.8 Å². The number of aliphatic hydroxyl groups is 1. The van der Waals surface area contributed by atoms with Gasteiger partial charge in [-0.1, -0.05) is 13.8 Å². The molecule has 2 bridgehead atoms. The molecular formula is C25H40O7. The second kappa shape index (κ2) is 8.24. The van der Waals surface area contributed by atoms with E-state index in [1.165, 1.54) is 0 Å². The molecule has 1 saturated carbocycles. The van der Waals surface area contributed by atoms with Gasteiger partial charge in [-0.05, 0) is 58.8 Å². The number of methoxy groups -OCH3 is 1. The highest BCUT2D eigenvalue weighted by atomic mass is 16.6. The minimum absolute atomic E-state index is 0.0227. The number of esters is 2. The molecule has 3 heterocycles. The van der Waals surface area contributed by atoms with E-state index in [0.29, 0.717) is 32.1 Å². The van der Waals surface area contributed by atoms with Crippen LogP contribution in [0.1, 0.15) is 79.6 Å². The zero-order valence-electron chi connectivity index (χ0n) is 20.4. The molecule has 32 heavy (non-hydrogen) atoms. The van der Waals surface area contributed by atoms with Crippen LogP contribution in [0, 0.1) is 23.7 Å². The summed E-state index contributed by atoms with van der Waals surface area (Å²) in [5.74, 6) is -0.618. The van der Waals surface area contributed by atoms with Gasteiger partial charge in [-0.2, -0.15) is 0 Å². The molecule has 4 rings (SSSR count). The predicted molar refractivity (Wildman–Crippen MR) is 117 cm³/mol. The Balaban J connectivity index is 1.81. The summed E-state index contributed by atoms with van der Waals surface area (Å²) in [7, 11) is 1.61. The Kier molecular flexibility index (Phi) is 6.17. The van der Waals surface area contributed by atoms with Gasteiger partial charge in [0.2, 0.25) is 0 Å². The maximum absolute atomic E-state index is 13.1. The Morgan fingerprint density at radius 3 is 2.59 bits per heavy atom. The average molecular weight is 453 g/mol. The van der Waals surface area contributed by atoms with Crippen LogP contribution in [-0.4, -0.2) is 59.3 Å². The highest BCUT2D eigenvalue weighted by molar-refractivity contribution is 5.73. The molecule has 7 nitrogen and oxygen atoms in total. The van der Waals surface area contributed by atoms with E-state index >= 15 is 0 Å². The lowest BCUT2D eigenvalue weighted by atomic mass is 9.57. The maximum atomic E-state index is 13.1. The lowest BCUT2D eigenvalue weighted by molar-refractivity contribution is -0.183. The molecule has 0 amide bonds. The topological polar surface area (TPSA) is 91.3 Å². The quantitative estimate of drug-likeness (QED) is 0.654. The molecule has 4 fully saturated rings. The van der Waals surface area contributed by atoms with Crippen LogP contribution in [0.2, 0.25) is 0 Å². The SMILES string of the molecule is CCCC(=O)O[C@@]1(C)CC[C@H]2[C@@H]3[C@H]1[C@H]1C[C@](C)(O)[C@@H](OC)CC[C@@](C)(OC(=O)[C@H]2C)[C@@H]3O1. The van der Waals surface area contributed by atoms with Gasteiger partial charge in [0.05, 0.1) is 23.7 Å². The van der Waals surface area contributed by atoms with E-state index in [-0.39, 0.29) is 47.8 Å². The van der Waals surface area contributed by atoms with Crippen LogP contribution >= 0.6 is 0 Å². The summed E-state index contributed by atoms with van der Waals surface area (Å²) in [5, 5.41) is 11.4. The highest BCUT2D eigenvalue weighted by Crippen LogP contribution is 2.60. The van der Waals surface area contributed by atoms with Gasteiger partial charge in [0.25, 0.3) is 0 Å². The first-order chi connectivity index (χ1) is 15.0. The average Bonchev–Trinajstić information content (AvgIpc) is 3.06. The van der Waals surface area contributed by atoms with Gasteiger partial charge < -0.3 is 24.1 Å². The first kappa shape index (κ1) is 24.0. The molecular weight excluding hydrogens is 412 g/mol. The van der Waals surface area contributed by atoms with Crippen LogP contribution in [0.25, 0.3) is 0 Å². The fraction of sp³-hybridized carbons (Fsp3) is 0.920. The van der Waals surface area contributed by atoms with Gasteiger partial charge in [0.1, 0.15) is 17.3 Å². The van der Waals surface area contributed by atoms with Crippen LogP contribution in [0.5, 0.6) is 0 Å². The lowest BCUT2D eigenvalue weighted by Crippen LogP contribution is -2.56. The van der Waals surface area contributed by atoms with E-state index in [9.17, 15) is 14.7 Å². The molecule has 0 radical (unpaired) electrons. The minimum Gasteiger partial charge on any atom is -0.459 e. The van der Waals surface area contributed by atoms with Crippen molar-refractivity contribution in [3.05, 3.63) is 0 Å². The van der Waals surface area contributed by atoms with Crippen LogP contribution in [0.3, 0.4) is 0 Å². The number of hydrogen-bond donors (Lipinski definition) is 1. The summed E-state index contributed by atoms with van der Waals surface area (Å²) >= 11 is 0. The molecule has 0 unspecified atom stereocenters. The molecule has 182 valence electrons. The van der Waals surface area contributed by atoms with Gasteiger partial charge >= 0.3 is 11.9 Å². The standard InChI is InChI=1S/C25H40O7/c1-7-8-18(26)31-24(4)11-9-15-14(2)22(27)32-25(5)12-10-17(29-6)23(3,28)13-16-20(24)19(15)21(25)30-16/h14-17,19-21,28H,7-13H2,1-6H3/t14-,15+,16+,17-,19+,20+,21+,23-,24-,25+/m0/s1. The van der Waals surface area contributed by atoms with E-state index in [2.05, 4.69) is 0 Å². The number of fused-ring (bicyclic) bond motifs is 2. The molecule has 10 atom stereocenters. The summed E-state index contributed by atoms with van der Waals surface area (Å²) in [6.07, 6.45) is 3.04. The summed E-state index contributed by atoms with van der Waals surface area (Å²) in [6, 6.07) is 0. The van der Waals surface area contributed by atoms with Crippen molar-refractivity contribution in [1.82, 2.24) is 0 Å². The minimum atomic E-state index is -1.12. The van der Waals surface area contributed by atoms with Crippen molar-refractivity contribution < 1.29 is 33.6 Å². The van der Waals surface area contributed by atoms with E-state index in [1.807, 2.05) is 27.7 Å². The Hall–Kier alpha value is -1.18. The normalized spacial score (nSPS) is 50.5. The molecule has 1 N–H and O–H groups in total. The van der Waals surface area contributed by atoms with Crippen molar-refractivity contribution in [1.29, 1.82) is 0 Å². The predicted octanol–water partition coefficient (Wildman–Crippen LogP) is 3.40.